The summed E-state index contributed by atoms with van der Waals surface area (Å²) in [5, 5.41) is 11.4. The van der Waals surface area contributed by atoms with Gasteiger partial charge in [-0.05, 0) is 17.5 Å². The molecular formula is C16H15NO4S. The fraction of sp³-hybridized carbons (Fsp3) is 0.125. The number of rotatable bonds is 5. The lowest BCUT2D eigenvalue weighted by Gasteiger charge is -2.12. The molecule has 6 heteroatoms. The van der Waals surface area contributed by atoms with Crippen LogP contribution in [0.25, 0.3) is 10.8 Å². The van der Waals surface area contributed by atoms with Crippen LogP contribution >= 0.6 is 0 Å². The summed E-state index contributed by atoms with van der Waals surface area (Å²) in [6.45, 7) is -0.120. The predicted octanol–water partition coefficient (Wildman–Crippen LogP) is 2.44. The second-order valence-corrected chi connectivity index (χ2v) is 6.64. The van der Waals surface area contributed by atoms with Crippen molar-refractivity contribution in [1.29, 1.82) is 0 Å². The van der Waals surface area contributed by atoms with E-state index in [2.05, 4.69) is 4.72 Å². The van der Waals surface area contributed by atoms with Crippen LogP contribution in [0.5, 0.6) is 0 Å². The molecule has 0 aliphatic carbocycles. The third-order valence-electron chi connectivity index (χ3n) is 3.43. The van der Waals surface area contributed by atoms with Gasteiger partial charge in [0.2, 0.25) is 10.0 Å². The molecule has 1 aromatic heterocycles. The van der Waals surface area contributed by atoms with Gasteiger partial charge in [-0.15, -0.1) is 0 Å². The first-order valence-electron chi connectivity index (χ1n) is 6.75. The van der Waals surface area contributed by atoms with E-state index in [1.165, 1.54) is 12.5 Å². The molecule has 0 saturated carbocycles. The number of benzene rings is 2. The average Bonchev–Trinajstić information content (AvgIpc) is 3.06. The van der Waals surface area contributed by atoms with E-state index in [-0.39, 0.29) is 11.4 Å². The molecule has 1 atom stereocenters. The number of hydrogen-bond donors (Lipinski definition) is 2. The Morgan fingerprint density at radius 2 is 1.86 bits per heavy atom. The van der Waals surface area contributed by atoms with Gasteiger partial charge in [0.05, 0.1) is 23.5 Å². The molecule has 0 bridgehead atoms. The lowest BCUT2D eigenvalue weighted by Crippen LogP contribution is -2.28. The smallest absolute Gasteiger partial charge is 0.241 e. The van der Waals surface area contributed by atoms with Gasteiger partial charge in [0.15, 0.2) is 0 Å². The minimum atomic E-state index is -3.71. The lowest BCUT2D eigenvalue weighted by molar-refractivity contribution is 0.181. The number of sulfonamides is 1. The highest BCUT2D eigenvalue weighted by Crippen LogP contribution is 2.23. The SMILES string of the molecule is O=S(=O)(NC[C@H](O)c1ccoc1)c1cccc2ccccc12. The highest BCUT2D eigenvalue weighted by atomic mass is 32.2. The van der Waals surface area contributed by atoms with Gasteiger partial charge in [-0.2, -0.15) is 0 Å². The number of aliphatic hydroxyl groups excluding tert-OH is 1. The Balaban J connectivity index is 1.86. The molecule has 0 aliphatic heterocycles. The largest absolute Gasteiger partial charge is 0.472 e. The van der Waals surface area contributed by atoms with Crippen LogP contribution in [0.2, 0.25) is 0 Å². The summed E-state index contributed by atoms with van der Waals surface area (Å²) in [5.41, 5.74) is 0.528. The highest BCUT2D eigenvalue weighted by Gasteiger charge is 2.19. The number of nitrogens with one attached hydrogen (secondary N) is 1. The maximum absolute atomic E-state index is 12.5. The molecule has 2 N–H and O–H groups in total. The molecule has 0 fully saturated rings. The first kappa shape index (κ1) is 14.8. The Hall–Kier alpha value is -2.15. The van der Waals surface area contributed by atoms with E-state index in [1.807, 2.05) is 18.2 Å². The Morgan fingerprint density at radius 1 is 1.09 bits per heavy atom. The van der Waals surface area contributed by atoms with Crippen molar-refractivity contribution in [3.63, 3.8) is 0 Å². The minimum absolute atomic E-state index is 0.120. The van der Waals surface area contributed by atoms with Gasteiger partial charge in [-0.3, -0.25) is 0 Å². The summed E-state index contributed by atoms with van der Waals surface area (Å²) in [4.78, 5) is 0.199. The second-order valence-electron chi connectivity index (χ2n) is 4.90. The zero-order valence-corrected chi connectivity index (χ0v) is 12.5. The van der Waals surface area contributed by atoms with Gasteiger partial charge < -0.3 is 9.52 Å². The standard InChI is InChI=1S/C16H15NO4S/c18-15(13-8-9-21-11-13)10-17-22(19,20)16-7-3-5-12-4-1-2-6-14(12)16/h1-9,11,15,17-18H,10H2/t15-/m0/s1. The molecular weight excluding hydrogens is 302 g/mol. The summed E-state index contributed by atoms with van der Waals surface area (Å²) in [6, 6.07) is 14.0. The van der Waals surface area contributed by atoms with Crippen molar-refractivity contribution in [3.05, 3.63) is 66.6 Å². The summed E-state index contributed by atoms with van der Waals surface area (Å²) in [5.74, 6) is 0. The fourth-order valence-electron chi connectivity index (χ4n) is 2.28. The molecule has 5 nitrogen and oxygen atoms in total. The van der Waals surface area contributed by atoms with Gasteiger partial charge in [0, 0.05) is 17.5 Å². The van der Waals surface area contributed by atoms with E-state index in [0.717, 1.165) is 5.39 Å². The third kappa shape index (κ3) is 2.89. The maximum Gasteiger partial charge on any atom is 0.241 e. The van der Waals surface area contributed by atoms with E-state index >= 15 is 0 Å². The van der Waals surface area contributed by atoms with Crippen molar-refractivity contribution in [3.8, 4) is 0 Å². The second kappa shape index (κ2) is 5.92. The molecule has 0 aliphatic rings. The topological polar surface area (TPSA) is 79.5 Å². The lowest BCUT2D eigenvalue weighted by atomic mass is 10.1. The van der Waals surface area contributed by atoms with Crippen LogP contribution in [0.3, 0.4) is 0 Å². The molecule has 22 heavy (non-hydrogen) atoms. The molecule has 1 heterocycles. The predicted molar refractivity (Wildman–Crippen MR) is 82.8 cm³/mol. The summed E-state index contributed by atoms with van der Waals surface area (Å²) in [6.07, 6.45) is 1.86. The Labute approximate surface area is 128 Å². The molecule has 0 unspecified atom stereocenters. The first-order valence-corrected chi connectivity index (χ1v) is 8.24. The third-order valence-corrected chi connectivity index (χ3v) is 4.92. The molecule has 3 aromatic rings. The Bertz CT molecular complexity index is 867. The van der Waals surface area contributed by atoms with Crippen molar-refractivity contribution in [2.75, 3.05) is 6.54 Å². The van der Waals surface area contributed by atoms with Crippen molar-refractivity contribution < 1.29 is 17.9 Å². The number of fused-ring (bicyclic) bond motifs is 1. The van der Waals surface area contributed by atoms with Gasteiger partial charge in [0.1, 0.15) is 0 Å². The van der Waals surface area contributed by atoms with Crippen LogP contribution in [-0.2, 0) is 10.0 Å². The molecule has 0 spiro atoms. The average molecular weight is 317 g/mol. The van der Waals surface area contributed by atoms with E-state index in [9.17, 15) is 13.5 Å². The van der Waals surface area contributed by atoms with Gasteiger partial charge in [-0.25, -0.2) is 13.1 Å². The quantitative estimate of drug-likeness (QED) is 0.757. The normalized spacial score (nSPS) is 13.3. The highest BCUT2D eigenvalue weighted by molar-refractivity contribution is 7.89. The van der Waals surface area contributed by atoms with E-state index in [4.69, 9.17) is 4.42 Å². The Morgan fingerprint density at radius 3 is 2.64 bits per heavy atom. The van der Waals surface area contributed by atoms with E-state index < -0.39 is 16.1 Å². The molecule has 114 valence electrons. The number of aliphatic hydroxyl groups is 1. The summed E-state index contributed by atoms with van der Waals surface area (Å²) >= 11 is 0. The Kier molecular flexibility index (Phi) is 3.98. The van der Waals surface area contributed by atoms with Crippen molar-refractivity contribution in [2.24, 2.45) is 0 Å². The van der Waals surface area contributed by atoms with Crippen LogP contribution in [0.1, 0.15) is 11.7 Å². The monoisotopic (exact) mass is 317 g/mol. The number of hydrogen-bond acceptors (Lipinski definition) is 4. The summed E-state index contributed by atoms with van der Waals surface area (Å²) < 4.78 is 32.3. The molecule has 0 amide bonds. The first-order chi connectivity index (χ1) is 10.6. The molecule has 2 aromatic carbocycles. The van der Waals surface area contributed by atoms with Crippen LogP contribution < -0.4 is 4.72 Å². The van der Waals surface area contributed by atoms with Crippen molar-refractivity contribution in [2.45, 2.75) is 11.0 Å². The summed E-state index contributed by atoms with van der Waals surface area (Å²) in [7, 11) is -3.71. The zero-order valence-electron chi connectivity index (χ0n) is 11.6. The van der Waals surface area contributed by atoms with Gasteiger partial charge >= 0.3 is 0 Å². The van der Waals surface area contributed by atoms with E-state index in [0.29, 0.717) is 10.9 Å². The maximum atomic E-state index is 12.5. The zero-order chi connectivity index (χ0) is 15.6. The van der Waals surface area contributed by atoms with Crippen molar-refractivity contribution >= 4 is 20.8 Å². The van der Waals surface area contributed by atoms with Crippen molar-refractivity contribution in [1.82, 2.24) is 4.72 Å². The number of furan rings is 1. The van der Waals surface area contributed by atoms with Gasteiger partial charge in [-0.1, -0.05) is 36.4 Å². The fourth-order valence-corrected chi connectivity index (χ4v) is 3.54. The van der Waals surface area contributed by atoms with Gasteiger partial charge in [0.25, 0.3) is 0 Å². The van der Waals surface area contributed by atoms with Crippen LogP contribution in [0, 0.1) is 0 Å². The van der Waals surface area contributed by atoms with Crippen LogP contribution in [-0.4, -0.2) is 20.1 Å². The molecule has 3 rings (SSSR count). The van der Waals surface area contributed by atoms with E-state index in [1.54, 1.807) is 30.3 Å². The van der Waals surface area contributed by atoms with Crippen LogP contribution in [0.15, 0.2) is 70.4 Å². The molecule has 0 radical (unpaired) electrons. The molecule has 0 saturated heterocycles. The van der Waals surface area contributed by atoms with Crippen LogP contribution in [0.4, 0.5) is 0 Å². The minimum Gasteiger partial charge on any atom is -0.472 e.